The summed E-state index contributed by atoms with van der Waals surface area (Å²) < 4.78 is 5.12. The summed E-state index contributed by atoms with van der Waals surface area (Å²) >= 11 is 0. The van der Waals surface area contributed by atoms with Gasteiger partial charge in [-0.15, -0.1) is 0 Å². The Labute approximate surface area is 87.4 Å². The van der Waals surface area contributed by atoms with Crippen LogP contribution in [0.5, 0.6) is 0 Å². The first-order chi connectivity index (χ1) is 7.16. The molecule has 0 amide bonds. The van der Waals surface area contributed by atoms with Gasteiger partial charge in [-0.05, 0) is 6.92 Å². The first-order valence-electron chi connectivity index (χ1n) is 4.60. The number of ketones is 2. The van der Waals surface area contributed by atoms with Crippen LogP contribution in [0.3, 0.4) is 0 Å². The van der Waals surface area contributed by atoms with E-state index in [4.69, 9.17) is 4.74 Å². The van der Waals surface area contributed by atoms with Crippen molar-refractivity contribution >= 4 is 17.3 Å². The molecule has 0 saturated carbocycles. The lowest BCUT2D eigenvalue weighted by Gasteiger charge is -2.02. The van der Waals surface area contributed by atoms with Crippen molar-refractivity contribution < 1.29 is 14.3 Å². The molecule has 0 aliphatic heterocycles. The van der Waals surface area contributed by atoms with Crippen LogP contribution in [0.4, 0.5) is 0 Å². The average molecular weight is 202 g/mol. The van der Waals surface area contributed by atoms with Crippen LogP contribution in [0.2, 0.25) is 0 Å². The molecule has 0 aromatic heterocycles. The number of carbonyl (C=O) groups excluding carboxylic acids is 2. The second-order valence-corrected chi connectivity index (χ2v) is 3.34. The summed E-state index contributed by atoms with van der Waals surface area (Å²) in [4.78, 5) is 23.2. The normalized spacial score (nSPS) is 14.1. The van der Waals surface area contributed by atoms with E-state index in [1.54, 1.807) is 18.2 Å². The van der Waals surface area contributed by atoms with E-state index in [1.807, 2.05) is 6.07 Å². The molecule has 0 N–H and O–H groups in total. The van der Waals surface area contributed by atoms with Gasteiger partial charge in [-0.3, -0.25) is 9.59 Å². The van der Waals surface area contributed by atoms with Crippen LogP contribution in [-0.2, 0) is 9.53 Å². The third-order valence-corrected chi connectivity index (χ3v) is 2.43. The minimum atomic E-state index is -0.256. The zero-order valence-electron chi connectivity index (χ0n) is 8.53. The molecule has 0 saturated heterocycles. The molecule has 3 nitrogen and oxygen atoms in total. The van der Waals surface area contributed by atoms with Gasteiger partial charge in [0.1, 0.15) is 11.3 Å². The molecule has 0 unspecified atom stereocenters. The molecule has 0 heterocycles. The first kappa shape index (κ1) is 9.65. The van der Waals surface area contributed by atoms with Crippen molar-refractivity contribution in [2.75, 3.05) is 7.11 Å². The summed E-state index contributed by atoms with van der Waals surface area (Å²) in [6.07, 6.45) is 0. The van der Waals surface area contributed by atoms with Gasteiger partial charge in [-0.1, -0.05) is 24.3 Å². The molecule has 2 rings (SSSR count). The third kappa shape index (κ3) is 1.28. The topological polar surface area (TPSA) is 43.4 Å². The Morgan fingerprint density at radius 2 is 1.80 bits per heavy atom. The van der Waals surface area contributed by atoms with Gasteiger partial charge >= 0.3 is 0 Å². The molecule has 0 atom stereocenters. The molecule has 76 valence electrons. The molecule has 0 radical (unpaired) electrons. The standard InChI is InChI=1S/C12H10O3/c1-7(13)10-11(14)8-5-3-4-6-9(8)12(10)15-2/h3-6H,1-2H3. The van der Waals surface area contributed by atoms with Crippen LogP contribution in [-0.4, -0.2) is 18.7 Å². The average Bonchev–Trinajstić information content (AvgIpc) is 2.52. The molecular weight excluding hydrogens is 192 g/mol. The van der Waals surface area contributed by atoms with Crippen LogP contribution >= 0.6 is 0 Å². The van der Waals surface area contributed by atoms with Gasteiger partial charge in [0.2, 0.25) is 5.78 Å². The van der Waals surface area contributed by atoms with Gasteiger partial charge in [0, 0.05) is 11.1 Å². The van der Waals surface area contributed by atoms with Crippen molar-refractivity contribution in [1.29, 1.82) is 0 Å². The highest BCUT2D eigenvalue weighted by atomic mass is 16.5. The molecule has 1 aliphatic rings. The predicted octanol–water partition coefficient (Wildman–Crippen LogP) is 1.83. The number of methoxy groups -OCH3 is 1. The smallest absolute Gasteiger partial charge is 0.201 e. The van der Waals surface area contributed by atoms with Gasteiger partial charge in [0.25, 0.3) is 0 Å². The lowest BCUT2D eigenvalue weighted by Crippen LogP contribution is -2.06. The number of ether oxygens (including phenoxy) is 1. The Balaban J connectivity index is 2.69. The Morgan fingerprint density at radius 1 is 1.20 bits per heavy atom. The first-order valence-corrected chi connectivity index (χ1v) is 4.60. The monoisotopic (exact) mass is 202 g/mol. The molecule has 1 aromatic rings. The van der Waals surface area contributed by atoms with E-state index in [0.29, 0.717) is 16.9 Å². The molecule has 15 heavy (non-hydrogen) atoms. The van der Waals surface area contributed by atoms with Gasteiger partial charge in [0.15, 0.2) is 5.78 Å². The van der Waals surface area contributed by atoms with E-state index in [1.165, 1.54) is 14.0 Å². The maximum Gasteiger partial charge on any atom is 0.201 e. The number of hydrogen-bond donors (Lipinski definition) is 0. The Hall–Kier alpha value is -1.90. The van der Waals surface area contributed by atoms with Crippen LogP contribution in [0.15, 0.2) is 29.8 Å². The van der Waals surface area contributed by atoms with Crippen molar-refractivity contribution in [3.63, 3.8) is 0 Å². The number of allylic oxidation sites excluding steroid dienone is 1. The third-order valence-electron chi connectivity index (χ3n) is 2.43. The number of carbonyl (C=O) groups is 2. The minimum Gasteiger partial charge on any atom is -0.495 e. The van der Waals surface area contributed by atoms with E-state index in [0.717, 1.165) is 0 Å². The quantitative estimate of drug-likeness (QED) is 0.687. The highest BCUT2D eigenvalue weighted by Crippen LogP contribution is 2.33. The number of Topliss-reactive ketones (excluding diaryl/α,β-unsaturated/α-hetero) is 2. The largest absolute Gasteiger partial charge is 0.495 e. The number of benzene rings is 1. The Bertz CT molecular complexity index is 483. The fourth-order valence-corrected chi connectivity index (χ4v) is 1.78. The molecule has 1 aliphatic carbocycles. The van der Waals surface area contributed by atoms with Gasteiger partial charge in [0.05, 0.1) is 7.11 Å². The van der Waals surface area contributed by atoms with E-state index in [2.05, 4.69) is 0 Å². The minimum absolute atomic E-state index is 0.152. The second-order valence-electron chi connectivity index (χ2n) is 3.34. The molecule has 1 aromatic carbocycles. The zero-order valence-corrected chi connectivity index (χ0v) is 8.53. The maximum absolute atomic E-state index is 11.8. The van der Waals surface area contributed by atoms with Crippen LogP contribution < -0.4 is 0 Å². The fraction of sp³-hybridized carbons (Fsp3) is 0.167. The number of hydrogen-bond acceptors (Lipinski definition) is 3. The lowest BCUT2D eigenvalue weighted by atomic mass is 10.1. The fourth-order valence-electron chi connectivity index (χ4n) is 1.78. The summed E-state index contributed by atoms with van der Waals surface area (Å²) in [5.41, 5.74) is 1.40. The molecule has 0 bridgehead atoms. The molecular formula is C12H10O3. The Morgan fingerprint density at radius 3 is 2.33 bits per heavy atom. The zero-order chi connectivity index (χ0) is 11.0. The van der Waals surface area contributed by atoms with Crippen molar-refractivity contribution in [1.82, 2.24) is 0 Å². The van der Waals surface area contributed by atoms with Crippen molar-refractivity contribution in [3.8, 4) is 0 Å². The van der Waals surface area contributed by atoms with E-state index < -0.39 is 0 Å². The predicted molar refractivity (Wildman–Crippen MR) is 55.4 cm³/mol. The summed E-state index contributed by atoms with van der Waals surface area (Å²) in [5, 5.41) is 0. The Kier molecular flexibility index (Phi) is 2.15. The lowest BCUT2D eigenvalue weighted by molar-refractivity contribution is -0.113. The molecule has 0 fully saturated rings. The van der Waals surface area contributed by atoms with Crippen molar-refractivity contribution in [2.24, 2.45) is 0 Å². The van der Waals surface area contributed by atoms with Gasteiger partial charge in [-0.25, -0.2) is 0 Å². The van der Waals surface area contributed by atoms with E-state index in [9.17, 15) is 9.59 Å². The highest BCUT2D eigenvalue weighted by Gasteiger charge is 2.32. The van der Waals surface area contributed by atoms with E-state index >= 15 is 0 Å². The van der Waals surface area contributed by atoms with Crippen LogP contribution in [0, 0.1) is 0 Å². The highest BCUT2D eigenvalue weighted by molar-refractivity contribution is 6.33. The molecule has 0 spiro atoms. The summed E-state index contributed by atoms with van der Waals surface area (Å²) in [7, 11) is 1.47. The molecule has 3 heteroatoms. The number of rotatable bonds is 2. The second kappa shape index (κ2) is 3.35. The van der Waals surface area contributed by atoms with Gasteiger partial charge < -0.3 is 4.74 Å². The number of fused-ring (bicyclic) bond motifs is 1. The summed E-state index contributed by atoms with van der Waals surface area (Å²) in [6, 6.07) is 7.07. The summed E-state index contributed by atoms with van der Waals surface area (Å²) in [6.45, 7) is 1.37. The summed E-state index contributed by atoms with van der Waals surface area (Å²) in [5.74, 6) is -0.105. The van der Waals surface area contributed by atoms with Crippen LogP contribution in [0.25, 0.3) is 5.76 Å². The maximum atomic E-state index is 11.8. The van der Waals surface area contributed by atoms with Crippen LogP contribution in [0.1, 0.15) is 22.8 Å². The SMILES string of the molecule is COC1=C(C(C)=O)C(=O)c2ccccc21. The van der Waals surface area contributed by atoms with Gasteiger partial charge in [-0.2, -0.15) is 0 Å². The van der Waals surface area contributed by atoms with Crippen molar-refractivity contribution in [2.45, 2.75) is 6.92 Å². The van der Waals surface area contributed by atoms with E-state index in [-0.39, 0.29) is 17.1 Å². The van der Waals surface area contributed by atoms with Crippen molar-refractivity contribution in [3.05, 3.63) is 41.0 Å².